The highest BCUT2D eigenvalue weighted by Gasteiger charge is 2.22. The summed E-state index contributed by atoms with van der Waals surface area (Å²) in [5.74, 6) is -0.161. The molecular formula is C21H17N5O3. The zero-order chi connectivity index (χ0) is 20.2. The first-order valence-electron chi connectivity index (χ1n) is 8.86. The topological polar surface area (TPSA) is 117 Å². The molecule has 29 heavy (non-hydrogen) atoms. The summed E-state index contributed by atoms with van der Waals surface area (Å²) in [6.45, 7) is 0.00701. The van der Waals surface area contributed by atoms with Crippen molar-refractivity contribution >= 4 is 23.2 Å². The van der Waals surface area contributed by atoms with Gasteiger partial charge in [0.1, 0.15) is 5.75 Å². The Morgan fingerprint density at radius 2 is 2.03 bits per heavy atom. The number of rotatable bonds is 5. The maximum Gasteiger partial charge on any atom is 0.306 e. The van der Waals surface area contributed by atoms with Crippen LogP contribution in [0.1, 0.15) is 5.56 Å². The number of aromatic hydroxyl groups is 1. The molecule has 0 fully saturated rings. The molecule has 2 heterocycles. The van der Waals surface area contributed by atoms with Crippen LogP contribution >= 0.6 is 0 Å². The van der Waals surface area contributed by atoms with Gasteiger partial charge in [-0.15, -0.1) is 0 Å². The second-order valence-corrected chi connectivity index (χ2v) is 6.31. The van der Waals surface area contributed by atoms with Crippen molar-refractivity contribution in [3.8, 4) is 23.0 Å². The van der Waals surface area contributed by atoms with E-state index in [4.69, 9.17) is 0 Å². The lowest BCUT2D eigenvalue weighted by atomic mass is 10.2. The molecule has 4 rings (SSSR count). The molecule has 0 atom stereocenters. The van der Waals surface area contributed by atoms with E-state index in [9.17, 15) is 15.0 Å². The lowest BCUT2D eigenvalue weighted by molar-refractivity contribution is -0.647. The summed E-state index contributed by atoms with van der Waals surface area (Å²) in [5.41, 5.74) is 5.13. The van der Waals surface area contributed by atoms with Gasteiger partial charge in [0.05, 0.1) is 6.21 Å². The number of para-hydroxylation sites is 2. The lowest BCUT2D eigenvalue weighted by Crippen LogP contribution is -2.42. The molecule has 0 aliphatic carbocycles. The van der Waals surface area contributed by atoms with Crippen molar-refractivity contribution in [2.75, 3.05) is 0 Å². The van der Waals surface area contributed by atoms with Crippen molar-refractivity contribution < 1.29 is 19.6 Å². The van der Waals surface area contributed by atoms with Crippen molar-refractivity contribution in [3.63, 3.8) is 0 Å². The number of hydrogen-bond donors (Lipinski definition) is 3. The third-order valence-corrected chi connectivity index (χ3v) is 4.32. The molecule has 2 aromatic carbocycles. The van der Waals surface area contributed by atoms with E-state index in [-0.39, 0.29) is 29.5 Å². The first-order valence-corrected chi connectivity index (χ1v) is 8.86. The molecule has 2 aromatic heterocycles. The summed E-state index contributed by atoms with van der Waals surface area (Å²) in [4.78, 5) is 20.1. The normalized spacial score (nSPS) is 11.2. The maximum absolute atomic E-state index is 12.5. The number of phenols is 1. The summed E-state index contributed by atoms with van der Waals surface area (Å²) in [6, 6.07) is 17.1. The zero-order valence-corrected chi connectivity index (χ0v) is 15.2. The maximum atomic E-state index is 12.5. The standard InChI is InChI=1S/C21H17N5O3/c27-15-9-8-14(19(28)11-15)12-23-25-20(29)13-26-18-7-2-1-5-16(18)24-21(26)17-6-3-4-10-22-17/h1-12H,13H2,(H3,22,23,24,25,27,28,29). The Morgan fingerprint density at radius 3 is 2.83 bits per heavy atom. The fourth-order valence-electron chi connectivity index (χ4n) is 2.98. The lowest BCUT2D eigenvalue weighted by Gasteiger charge is -2.09. The average molecular weight is 387 g/mol. The van der Waals surface area contributed by atoms with Crippen LogP contribution < -0.4 is 15.1 Å². The highest BCUT2D eigenvalue weighted by atomic mass is 16.3. The fourth-order valence-corrected chi connectivity index (χ4v) is 2.98. The Kier molecular flexibility index (Phi) is 4.90. The number of aromatic amines is 1. The van der Waals surface area contributed by atoms with E-state index in [1.54, 1.807) is 6.20 Å². The number of carbonyl (C=O) groups is 1. The minimum atomic E-state index is -0.383. The molecule has 144 valence electrons. The molecule has 4 aromatic rings. The van der Waals surface area contributed by atoms with E-state index in [2.05, 4.69) is 20.5 Å². The number of pyridine rings is 1. The number of imidazole rings is 1. The van der Waals surface area contributed by atoms with Crippen LogP contribution in [0.4, 0.5) is 0 Å². The monoisotopic (exact) mass is 387 g/mol. The number of amides is 1. The summed E-state index contributed by atoms with van der Waals surface area (Å²) in [6.07, 6.45) is 2.94. The number of H-pyrrole nitrogens is 1. The highest BCUT2D eigenvalue weighted by molar-refractivity contribution is 5.85. The Hall–Kier alpha value is -4.20. The van der Waals surface area contributed by atoms with Crippen molar-refractivity contribution in [2.24, 2.45) is 5.10 Å². The fraction of sp³-hybridized carbons (Fsp3) is 0.0476. The van der Waals surface area contributed by atoms with Gasteiger partial charge in [0.25, 0.3) is 5.91 Å². The van der Waals surface area contributed by atoms with Crippen LogP contribution in [0.5, 0.6) is 11.5 Å². The Labute approximate surface area is 165 Å². The number of nitrogens with zero attached hydrogens (tertiary/aromatic N) is 3. The first-order chi connectivity index (χ1) is 14.1. The summed E-state index contributed by atoms with van der Waals surface area (Å²) in [5, 5.41) is 24.9. The molecule has 8 nitrogen and oxygen atoms in total. The largest absolute Gasteiger partial charge is 0.872 e. The summed E-state index contributed by atoms with van der Waals surface area (Å²) < 4.78 is 1.82. The molecule has 8 heteroatoms. The van der Waals surface area contributed by atoms with Gasteiger partial charge in [-0.2, -0.15) is 5.10 Å². The number of hydrogen-bond acceptors (Lipinski definition) is 5. The Morgan fingerprint density at radius 1 is 1.21 bits per heavy atom. The van der Waals surface area contributed by atoms with Gasteiger partial charge in [-0.05, 0) is 42.0 Å². The second-order valence-electron chi connectivity index (χ2n) is 6.31. The van der Waals surface area contributed by atoms with Crippen LogP contribution in [-0.2, 0) is 11.3 Å². The average Bonchev–Trinajstić information content (AvgIpc) is 3.09. The molecule has 0 radical (unpaired) electrons. The quantitative estimate of drug-likeness (QED) is 0.273. The zero-order valence-electron chi connectivity index (χ0n) is 15.2. The molecular weight excluding hydrogens is 370 g/mol. The van der Waals surface area contributed by atoms with Crippen LogP contribution in [0.15, 0.2) is 72.0 Å². The van der Waals surface area contributed by atoms with Gasteiger partial charge in [0.2, 0.25) is 0 Å². The predicted molar refractivity (Wildman–Crippen MR) is 105 cm³/mol. The van der Waals surface area contributed by atoms with E-state index in [1.165, 1.54) is 18.3 Å². The minimum Gasteiger partial charge on any atom is -0.872 e. The van der Waals surface area contributed by atoms with Gasteiger partial charge in [-0.1, -0.05) is 30.0 Å². The van der Waals surface area contributed by atoms with Crippen LogP contribution in [0.3, 0.4) is 0 Å². The van der Waals surface area contributed by atoms with Crippen LogP contribution in [0.2, 0.25) is 0 Å². The third-order valence-electron chi connectivity index (χ3n) is 4.32. The third kappa shape index (κ3) is 3.91. The summed E-state index contributed by atoms with van der Waals surface area (Å²) in [7, 11) is 0. The molecule has 1 amide bonds. The molecule has 0 unspecified atom stereocenters. The molecule has 0 spiro atoms. The van der Waals surface area contributed by atoms with Crippen LogP contribution in [-0.4, -0.2) is 27.2 Å². The second kappa shape index (κ2) is 7.81. The molecule has 3 N–H and O–H groups in total. The van der Waals surface area contributed by atoms with E-state index in [0.717, 1.165) is 17.1 Å². The number of benzene rings is 2. The number of nitrogens with one attached hydrogen (secondary N) is 2. The van der Waals surface area contributed by atoms with Gasteiger partial charge in [-0.3, -0.25) is 4.79 Å². The SMILES string of the molecule is O=C(C[n+]1c(-c2ccccn2)[nH]c2ccccc21)N/N=C/c1ccc(O)cc1[O-]. The molecule has 0 aliphatic heterocycles. The number of phenolic OH excluding ortho intramolecular Hbond substituents is 1. The Bertz CT molecular complexity index is 1200. The number of carbonyl (C=O) groups excluding carboxylic acids is 1. The van der Waals surface area contributed by atoms with Crippen LogP contribution in [0.25, 0.3) is 22.6 Å². The van der Waals surface area contributed by atoms with Crippen molar-refractivity contribution in [2.45, 2.75) is 6.54 Å². The van der Waals surface area contributed by atoms with Gasteiger partial charge in [0.15, 0.2) is 23.3 Å². The van der Waals surface area contributed by atoms with Crippen molar-refractivity contribution in [1.29, 1.82) is 0 Å². The number of aromatic nitrogens is 3. The molecule has 0 saturated heterocycles. The smallest absolute Gasteiger partial charge is 0.306 e. The van der Waals surface area contributed by atoms with Gasteiger partial charge < -0.3 is 10.2 Å². The van der Waals surface area contributed by atoms with E-state index >= 15 is 0 Å². The van der Waals surface area contributed by atoms with Gasteiger partial charge in [0, 0.05) is 6.20 Å². The molecule has 0 saturated carbocycles. The number of fused-ring (bicyclic) bond motifs is 1. The van der Waals surface area contributed by atoms with E-state index in [0.29, 0.717) is 11.5 Å². The molecule has 0 bridgehead atoms. The Balaban J connectivity index is 1.57. The van der Waals surface area contributed by atoms with E-state index < -0.39 is 0 Å². The minimum absolute atomic E-state index is 0.00701. The van der Waals surface area contributed by atoms with Crippen molar-refractivity contribution in [1.82, 2.24) is 15.4 Å². The number of hydrazone groups is 1. The van der Waals surface area contributed by atoms with Gasteiger partial charge in [-0.25, -0.2) is 20.0 Å². The highest BCUT2D eigenvalue weighted by Crippen LogP contribution is 2.18. The van der Waals surface area contributed by atoms with Crippen LogP contribution in [0, 0.1) is 0 Å². The predicted octanol–water partition coefficient (Wildman–Crippen LogP) is 1.45. The van der Waals surface area contributed by atoms with E-state index in [1.807, 2.05) is 47.0 Å². The molecule has 0 aliphatic rings. The first kappa shape index (κ1) is 18.2. The van der Waals surface area contributed by atoms with Crippen molar-refractivity contribution in [3.05, 3.63) is 72.4 Å². The van der Waals surface area contributed by atoms with Gasteiger partial charge >= 0.3 is 5.82 Å². The summed E-state index contributed by atoms with van der Waals surface area (Å²) >= 11 is 0.